The molecule has 3 rings (SSSR count). The summed E-state index contributed by atoms with van der Waals surface area (Å²) in [6.45, 7) is 1.47. The summed E-state index contributed by atoms with van der Waals surface area (Å²) >= 11 is 0. The topological polar surface area (TPSA) is 41.5 Å². The van der Waals surface area contributed by atoms with Crippen molar-refractivity contribution in [3.8, 4) is 5.75 Å². The lowest BCUT2D eigenvalue weighted by Gasteiger charge is -2.33. The molecule has 1 heterocycles. The number of ether oxygens (including phenoxy) is 1. The maximum Gasteiger partial charge on any atom is 0.119 e. The fourth-order valence-corrected chi connectivity index (χ4v) is 3.22. The molecule has 0 amide bonds. The molecule has 0 radical (unpaired) electrons. The molecule has 1 aliphatic heterocycles. The Morgan fingerprint density at radius 1 is 1.09 bits per heavy atom. The number of β-amino-alcohol motifs (C(OH)–C–C–N with tert-alkyl or cyclic N) is 1. The molecule has 2 unspecified atom stereocenters. The summed E-state index contributed by atoms with van der Waals surface area (Å²) in [5.74, 6) is 0.770. The standard InChI is InChI=1S/C18H21NO2.ClH/c1-21-16-9-5-8-15(12-16)17(14-6-3-2-4-7-14)18(20)10-11-19-13-18;/h2-9,12,17,19-20H,10-11,13H2,1H3;1H. The van der Waals surface area contributed by atoms with E-state index in [1.165, 1.54) is 0 Å². The monoisotopic (exact) mass is 319 g/mol. The van der Waals surface area contributed by atoms with E-state index in [1.807, 2.05) is 36.4 Å². The maximum absolute atomic E-state index is 11.1. The van der Waals surface area contributed by atoms with Gasteiger partial charge < -0.3 is 15.2 Å². The molecule has 0 bridgehead atoms. The van der Waals surface area contributed by atoms with Gasteiger partial charge in [0.15, 0.2) is 0 Å². The first-order chi connectivity index (χ1) is 10.2. The van der Waals surface area contributed by atoms with Crippen LogP contribution in [0.15, 0.2) is 54.6 Å². The van der Waals surface area contributed by atoms with Crippen LogP contribution in [0, 0.1) is 0 Å². The lowest BCUT2D eigenvalue weighted by Crippen LogP contribution is -2.39. The SMILES string of the molecule is COc1cccc(C(c2ccccc2)C2(O)CCNC2)c1.Cl. The number of aliphatic hydroxyl groups is 1. The van der Waals surface area contributed by atoms with E-state index in [9.17, 15) is 5.11 Å². The van der Waals surface area contributed by atoms with Gasteiger partial charge in [0.25, 0.3) is 0 Å². The summed E-state index contributed by atoms with van der Waals surface area (Å²) in [5.41, 5.74) is 1.47. The third-order valence-corrected chi connectivity index (χ3v) is 4.26. The summed E-state index contributed by atoms with van der Waals surface area (Å²) in [7, 11) is 1.67. The van der Waals surface area contributed by atoms with Crippen molar-refractivity contribution >= 4 is 12.4 Å². The van der Waals surface area contributed by atoms with Crippen molar-refractivity contribution in [1.82, 2.24) is 5.32 Å². The van der Waals surface area contributed by atoms with Crippen molar-refractivity contribution in [2.24, 2.45) is 0 Å². The molecular formula is C18H22ClNO2. The van der Waals surface area contributed by atoms with Crippen LogP contribution in [0.4, 0.5) is 0 Å². The number of nitrogens with one attached hydrogen (secondary N) is 1. The fraction of sp³-hybridized carbons (Fsp3) is 0.333. The first-order valence-electron chi connectivity index (χ1n) is 7.35. The normalized spacial score (nSPS) is 21.9. The van der Waals surface area contributed by atoms with Gasteiger partial charge in [-0.2, -0.15) is 0 Å². The molecule has 0 aromatic heterocycles. The van der Waals surface area contributed by atoms with E-state index in [0.29, 0.717) is 6.54 Å². The molecule has 118 valence electrons. The second-order valence-corrected chi connectivity index (χ2v) is 5.65. The van der Waals surface area contributed by atoms with Crippen molar-refractivity contribution in [1.29, 1.82) is 0 Å². The van der Waals surface area contributed by atoms with E-state index in [1.54, 1.807) is 7.11 Å². The molecule has 4 heteroatoms. The smallest absolute Gasteiger partial charge is 0.119 e. The van der Waals surface area contributed by atoms with Crippen LogP contribution in [0.1, 0.15) is 23.5 Å². The molecule has 2 aromatic rings. The van der Waals surface area contributed by atoms with Crippen LogP contribution >= 0.6 is 12.4 Å². The van der Waals surface area contributed by atoms with Crippen molar-refractivity contribution < 1.29 is 9.84 Å². The van der Waals surface area contributed by atoms with Crippen LogP contribution in [0.2, 0.25) is 0 Å². The highest BCUT2D eigenvalue weighted by molar-refractivity contribution is 5.85. The van der Waals surface area contributed by atoms with Gasteiger partial charge in [0.05, 0.1) is 12.7 Å². The molecule has 1 fully saturated rings. The van der Waals surface area contributed by atoms with Crippen LogP contribution in [0.3, 0.4) is 0 Å². The van der Waals surface area contributed by atoms with Crippen molar-refractivity contribution in [3.63, 3.8) is 0 Å². The highest BCUT2D eigenvalue weighted by atomic mass is 35.5. The first-order valence-corrected chi connectivity index (χ1v) is 7.35. The molecule has 22 heavy (non-hydrogen) atoms. The number of hydrogen-bond donors (Lipinski definition) is 2. The minimum atomic E-state index is -0.756. The molecular weight excluding hydrogens is 298 g/mol. The van der Waals surface area contributed by atoms with Gasteiger partial charge in [0.2, 0.25) is 0 Å². The number of methoxy groups -OCH3 is 1. The lowest BCUT2D eigenvalue weighted by atomic mass is 9.77. The van der Waals surface area contributed by atoms with Gasteiger partial charge >= 0.3 is 0 Å². The van der Waals surface area contributed by atoms with Gasteiger partial charge in [0, 0.05) is 12.5 Å². The zero-order valence-corrected chi connectivity index (χ0v) is 13.5. The molecule has 3 nitrogen and oxygen atoms in total. The van der Waals surface area contributed by atoms with Crippen molar-refractivity contribution in [2.45, 2.75) is 17.9 Å². The van der Waals surface area contributed by atoms with Gasteiger partial charge in [-0.3, -0.25) is 0 Å². The lowest BCUT2D eigenvalue weighted by molar-refractivity contribution is 0.0442. The van der Waals surface area contributed by atoms with Crippen molar-refractivity contribution in [2.75, 3.05) is 20.2 Å². The number of hydrogen-bond acceptors (Lipinski definition) is 3. The average Bonchev–Trinajstić information content (AvgIpc) is 2.96. The highest BCUT2D eigenvalue weighted by Crippen LogP contribution is 2.39. The zero-order chi connectivity index (χ0) is 14.7. The van der Waals surface area contributed by atoms with E-state index in [2.05, 4.69) is 23.5 Å². The Morgan fingerprint density at radius 2 is 1.82 bits per heavy atom. The third-order valence-electron chi connectivity index (χ3n) is 4.26. The Bertz CT molecular complexity index is 597. The van der Waals surface area contributed by atoms with Gasteiger partial charge in [-0.15, -0.1) is 12.4 Å². The zero-order valence-electron chi connectivity index (χ0n) is 12.7. The Hall–Kier alpha value is -1.55. The molecule has 2 atom stereocenters. The number of benzene rings is 2. The van der Waals surface area contributed by atoms with E-state index >= 15 is 0 Å². The molecule has 1 aliphatic rings. The van der Waals surface area contributed by atoms with Crippen LogP contribution in [-0.2, 0) is 0 Å². The number of halogens is 1. The Labute approximate surface area is 137 Å². The predicted octanol–water partition coefficient (Wildman–Crippen LogP) is 2.97. The molecule has 2 N–H and O–H groups in total. The van der Waals surface area contributed by atoms with Crippen LogP contribution < -0.4 is 10.1 Å². The van der Waals surface area contributed by atoms with Crippen LogP contribution in [0.25, 0.3) is 0 Å². The summed E-state index contributed by atoms with van der Waals surface area (Å²) in [5, 5.41) is 14.4. The summed E-state index contributed by atoms with van der Waals surface area (Å²) in [4.78, 5) is 0. The van der Waals surface area contributed by atoms with Crippen molar-refractivity contribution in [3.05, 3.63) is 65.7 Å². The Kier molecular flexibility index (Phi) is 5.46. The highest BCUT2D eigenvalue weighted by Gasteiger charge is 2.41. The minimum Gasteiger partial charge on any atom is -0.497 e. The second-order valence-electron chi connectivity index (χ2n) is 5.65. The quantitative estimate of drug-likeness (QED) is 0.910. The van der Waals surface area contributed by atoms with E-state index in [0.717, 1.165) is 29.8 Å². The van der Waals surface area contributed by atoms with Gasteiger partial charge in [-0.1, -0.05) is 42.5 Å². The van der Waals surface area contributed by atoms with E-state index < -0.39 is 5.60 Å². The van der Waals surface area contributed by atoms with Gasteiger partial charge in [-0.25, -0.2) is 0 Å². The Morgan fingerprint density at radius 3 is 2.45 bits per heavy atom. The van der Waals surface area contributed by atoms with E-state index in [4.69, 9.17) is 4.74 Å². The maximum atomic E-state index is 11.1. The molecule has 1 saturated heterocycles. The Balaban J connectivity index is 0.00000176. The van der Waals surface area contributed by atoms with E-state index in [-0.39, 0.29) is 18.3 Å². The minimum absolute atomic E-state index is 0. The van der Waals surface area contributed by atoms with Gasteiger partial charge in [-0.05, 0) is 36.2 Å². The molecule has 0 saturated carbocycles. The van der Waals surface area contributed by atoms with Crippen LogP contribution in [-0.4, -0.2) is 30.9 Å². The molecule has 0 aliphatic carbocycles. The van der Waals surface area contributed by atoms with Gasteiger partial charge in [0.1, 0.15) is 5.75 Å². The predicted molar refractivity (Wildman–Crippen MR) is 91.0 cm³/mol. The summed E-state index contributed by atoms with van der Waals surface area (Å²) < 4.78 is 5.34. The number of rotatable bonds is 4. The molecule has 2 aromatic carbocycles. The third kappa shape index (κ3) is 3.27. The average molecular weight is 320 g/mol. The fourth-order valence-electron chi connectivity index (χ4n) is 3.22. The molecule has 0 spiro atoms. The largest absolute Gasteiger partial charge is 0.497 e. The summed E-state index contributed by atoms with van der Waals surface area (Å²) in [6, 6.07) is 18.2. The second kappa shape index (κ2) is 7.14. The summed E-state index contributed by atoms with van der Waals surface area (Å²) in [6.07, 6.45) is 0.754. The van der Waals surface area contributed by atoms with Crippen LogP contribution in [0.5, 0.6) is 5.75 Å². The first kappa shape index (κ1) is 16.8.